The van der Waals surface area contributed by atoms with Gasteiger partial charge in [-0.05, 0) is 42.3 Å². The SMILES string of the molecule is CC1(C)CN(C(c2cccc3ccc(C#N)cc23)C(F)(F)F)NC1=O. The van der Waals surface area contributed by atoms with E-state index in [1.54, 1.807) is 38.1 Å². The number of amides is 1. The van der Waals surface area contributed by atoms with E-state index >= 15 is 0 Å². The van der Waals surface area contributed by atoms with Crippen molar-refractivity contribution in [2.75, 3.05) is 6.54 Å². The van der Waals surface area contributed by atoms with E-state index in [2.05, 4.69) is 5.43 Å². The third-order valence-corrected chi connectivity index (χ3v) is 4.39. The molecule has 4 nitrogen and oxygen atoms in total. The lowest BCUT2D eigenvalue weighted by atomic mass is 9.92. The van der Waals surface area contributed by atoms with Crippen molar-refractivity contribution in [1.82, 2.24) is 10.4 Å². The van der Waals surface area contributed by atoms with Gasteiger partial charge in [0.1, 0.15) is 0 Å². The molecule has 1 amide bonds. The second-order valence-corrected chi connectivity index (χ2v) is 6.79. The Balaban J connectivity index is 2.17. The van der Waals surface area contributed by atoms with Crippen LogP contribution in [-0.2, 0) is 4.79 Å². The molecular weight excluding hydrogens is 331 g/mol. The number of halogens is 3. The lowest BCUT2D eigenvalue weighted by molar-refractivity contribution is -0.191. The molecule has 0 radical (unpaired) electrons. The van der Waals surface area contributed by atoms with E-state index in [1.165, 1.54) is 12.1 Å². The molecule has 25 heavy (non-hydrogen) atoms. The van der Waals surface area contributed by atoms with Crippen molar-refractivity contribution in [3.8, 4) is 6.07 Å². The molecule has 3 rings (SSSR count). The molecule has 1 aliphatic heterocycles. The Kier molecular flexibility index (Phi) is 3.96. The highest BCUT2D eigenvalue weighted by molar-refractivity contribution is 5.88. The van der Waals surface area contributed by atoms with Gasteiger partial charge in [-0.2, -0.15) is 18.4 Å². The molecule has 1 N–H and O–H groups in total. The fourth-order valence-corrected chi connectivity index (χ4v) is 3.10. The average molecular weight is 347 g/mol. The van der Waals surface area contributed by atoms with E-state index in [1.807, 2.05) is 6.07 Å². The number of carbonyl (C=O) groups is 1. The molecule has 1 atom stereocenters. The van der Waals surface area contributed by atoms with E-state index in [0.717, 1.165) is 5.01 Å². The molecule has 0 saturated carbocycles. The molecule has 1 unspecified atom stereocenters. The number of nitrogens with one attached hydrogen (secondary N) is 1. The first kappa shape index (κ1) is 17.2. The van der Waals surface area contributed by atoms with Gasteiger partial charge in [0.15, 0.2) is 6.04 Å². The zero-order valence-electron chi connectivity index (χ0n) is 13.7. The Labute approximate surface area is 142 Å². The summed E-state index contributed by atoms with van der Waals surface area (Å²) in [6.45, 7) is 3.14. The molecule has 130 valence electrons. The van der Waals surface area contributed by atoms with Crippen LogP contribution in [-0.4, -0.2) is 23.6 Å². The number of nitrogens with zero attached hydrogens (tertiary/aromatic N) is 2. The summed E-state index contributed by atoms with van der Waals surface area (Å²) in [5, 5.41) is 11.0. The van der Waals surface area contributed by atoms with Crippen LogP contribution in [0.1, 0.15) is 31.0 Å². The molecule has 2 aromatic carbocycles. The summed E-state index contributed by atoms with van der Waals surface area (Å²) in [6, 6.07) is 9.23. The lowest BCUT2D eigenvalue weighted by Gasteiger charge is -2.30. The highest BCUT2D eigenvalue weighted by Gasteiger charge is 2.51. The maximum absolute atomic E-state index is 13.9. The molecule has 7 heteroatoms. The number of benzene rings is 2. The molecule has 0 spiro atoms. The number of rotatable bonds is 2. The Morgan fingerprint density at radius 3 is 2.56 bits per heavy atom. The molecule has 1 fully saturated rings. The van der Waals surface area contributed by atoms with Crippen LogP contribution in [0.25, 0.3) is 10.8 Å². The van der Waals surface area contributed by atoms with Crippen molar-refractivity contribution in [1.29, 1.82) is 5.26 Å². The minimum absolute atomic E-state index is 0.0140. The van der Waals surface area contributed by atoms with Crippen molar-refractivity contribution >= 4 is 16.7 Å². The second-order valence-electron chi connectivity index (χ2n) is 6.79. The van der Waals surface area contributed by atoms with Crippen LogP contribution in [0.3, 0.4) is 0 Å². The Morgan fingerprint density at radius 2 is 2.00 bits per heavy atom. The van der Waals surface area contributed by atoms with Gasteiger partial charge in [0, 0.05) is 6.54 Å². The smallest absolute Gasteiger partial charge is 0.287 e. The zero-order chi connectivity index (χ0) is 18.4. The van der Waals surface area contributed by atoms with Crippen LogP contribution in [0.4, 0.5) is 13.2 Å². The molecule has 0 bridgehead atoms. The van der Waals surface area contributed by atoms with Crippen molar-refractivity contribution in [3.63, 3.8) is 0 Å². The number of fused-ring (bicyclic) bond motifs is 1. The predicted octanol–water partition coefficient (Wildman–Crippen LogP) is 3.69. The highest BCUT2D eigenvalue weighted by Crippen LogP contribution is 2.42. The molecule has 1 aliphatic rings. The topological polar surface area (TPSA) is 56.1 Å². The van der Waals surface area contributed by atoms with Gasteiger partial charge in [-0.25, -0.2) is 5.01 Å². The van der Waals surface area contributed by atoms with Crippen LogP contribution in [0.2, 0.25) is 0 Å². The van der Waals surface area contributed by atoms with Crippen LogP contribution in [0.15, 0.2) is 36.4 Å². The third kappa shape index (κ3) is 3.05. The summed E-state index contributed by atoms with van der Waals surface area (Å²) in [7, 11) is 0. The van der Waals surface area contributed by atoms with Gasteiger partial charge in [-0.3, -0.25) is 10.2 Å². The van der Waals surface area contributed by atoms with E-state index in [0.29, 0.717) is 10.8 Å². The van der Waals surface area contributed by atoms with E-state index in [4.69, 9.17) is 5.26 Å². The monoisotopic (exact) mass is 347 g/mol. The summed E-state index contributed by atoms with van der Waals surface area (Å²) in [6.07, 6.45) is -4.59. The van der Waals surface area contributed by atoms with Crippen molar-refractivity contribution < 1.29 is 18.0 Å². The summed E-state index contributed by atoms with van der Waals surface area (Å²) in [5.41, 5.74) is 1.74. The summed E-state index contributed by atoms with van der Waals surface area (Å²) >= 11 is 0. The maximum Gasteiger partial charge on any atom is 0.409 e. The first-order valence-corrected chi connectivity index (χ1v) is 7.71. The van der Waals surface area contributed by atoms with E-state index in [-0.39, 0.29) is 17.7 Å². The number of carbonyl (C=O) groups excluding carboxylic acids is 1. The Morgan fingerprint density at radius 1 is 1.28 bits per heavy atom. The second kappa shape index (κ2) is 5.74. The van der Waals surface area contributed by atoms with E-state index < -0.39 is 23.5 Å². The lowest BCUT2D eigenvalue weighted by Crippen LogP contribution is -2.43. The minimum Gasteiger partial charge on any atom is -0.287 e. The number of alkyl halides is 3. The van der Waals surface area contributed by atoms with Gasteiger partial charge in [-0.1, -0.05) is 24.3 Å². The van der Waals surface area contributed by atoms with Crippen LogP contribution in [0, 0.1) is 16.7 Å². The maximum atomic E-state index is 13.9. The average Bonchev–Trinajstić information content (AvgIpc) is 2.78. The number of nitriles is 1. The first-order chi connectivity index (χ1) is 11.6. The molecule has 2 aromatic rings. The Hall–Kier alpha value is -2.59. The summed E-state index contributed by atoms with van der Waals surface area (Å²) in [5.74, 6) is -0.445. The van der Waals surface area contributed by atoms with E-state index in [9.17, 15) is 18.0 Å². The molecule has 0 aromatic heterocycles. The zero-order valence-corrected chi connectivity index (χ0v) is 13.7. The largest absolute Gasteiger partial charge is 0.409 e. The van der Waals surface area contributed by atoms with Crippen molar-refractivity contribution in [3.05, 3.63) is 47.5 Å². The normalized spacial score (nSPS) is 18.8. The van der Waals surface area contributed by atoms with Crippen LogP contribution < -0.4 is 5.43 Å². The van der Waals surface area contributed by atoms with Gasteiger partial charge in [0.05, 0.1) is 17.0 Å². The standard InChI is InChI=1S/C18H16F3N3O/c1-17(2)10-24(23-16(17)25)15(18(19,20)21)13-5-3-4-12-7-6-11(9-22)8-14(12)13/h3-8,15H,10H2,1-2H3,(H,23,25). The van der Waals surface area contributed by atoms with Gasteiger partial charge in [-0.15, -0.1) is 0 Å². The summed E-state index contributed by atoms with van der Waals surface area (Å²) in [4.78, 5) is 12.0. The van der Waals surface area contributed by atoms with Gasteiger partial charge in [0.25, 0.3) is 0 Å². The molecule has 0 aliphatic carbocycles. The van der Waals surface area contributed by atoms with Gasteiger partial charge < -0.3 is 0 Å². The highest BCUT2D eigenvalue weighted by atomic mass is 19.4. The molecule has 1 heterocycles. The van der Waals surface area contributed by atoms with Crippen LogP contribution >= 0.6 is 0 Å². The fourth-order valence-electron chi connectivity index (χ4n) is 3.10. The first-order valence-electron chi connectivity index (χ1n) is 7.71. The molecule has 1 saturated heterocycles. The van der Waals surface area contributed by atoms with Crippen molar-refractivity contribution in [2.45, 2.75) is 26.1 Å². The number of hydrogen-bond acceptors (Lipinski definition) is 3. The van der Waals surface area contributed by atoms with Gasteiger partial charge in [0.2, 0.25) is 5.91 Å². The summed E-state index contributed by atoms with van der Waals surface area (Å²) < 4.78 is 41.7. The van der Waals surface area contributed by atoms with Crippen LogP contribution in [0.5, 0.6) is 0 Å². The minimum atomic E-state index is -4.59. The number of hydrogen-bond donors (Lipinski definition) is 1. The Bertz CT molecular complexity index is 883. The molecular formula is C18H16F3N3O. The third-order valence-electron chi connectivity index (χ3n) is 4.39. The van der Waals surface area contributed by atoms with Crippen molar-refractivity contribution in [2.24, 2.45) is 5.41 Å². The predicted molar refractivity (Wildman–Crippen MR) is 86.1 cm³/mol. The number of hydrazine groups is 1. The van der Waals surface area contributed by atoms with Gasteiger partial charge >= 0.3 is 6.18 Å². The quantitative estimate of drug-likeness (QED) is 0.901. The fraction of sp³-hybridized carbons (Fsp3) is 0.333.